The molecule has 0 spiro atoms. The summed E-state index contributed by atoms with van der Waals surface area (Å²) < 4.78 is 13.2. The van der Waals surface area contributed by atoms with Gasteiger partial charge in [0.05, 0.1) is 6.04 Å². The highest BCUT2D eigenvalue weighted by Crippen LogP contribution is 2.24. The van der Waals surface area contributed by atoms with Gasteiger partial charge in [0, 0.05) is 43.1 Å². The molecular formula is C23H30FN5O2. The zero-order valence-corrected chi connectivity index (χ0v) is 18.0. The zero-order valence-electron chi connectivity index (χ0n) is 18.0. The number of hydrogen-bond acceptors (Lipinski definition) is 4. The minimum Gasteiger partial charge on any atom is -0.354 e. The average molecular weight is 428 g/mol. The van der Waals surface area contributed by atoms with Crippen molar-refractivity contribution in [2.24, 2.45) is 11.7 Å². The maximum Gasteiger partial charge on any atom is 0.321 e. The number of likely N-dealkylation sites (tertiary alicyclic amines) is 1. The molecule has 1 unspecified atom stereocenters. The fourth-order valence-electron chi connectivity index (χ4n) is 3.74. The molecular weight excluding hydrogens is 397 g/mol. The molecule has 4 N–H and O–H groups in total. The smallest absolute Gasteiger partial charge is 0.321 e. The Morgan fingerprint density at radius 2 is 1.77 bits per heavy atom. The van der Waals surface area contributed by atoms with E-state index in [4.69, 9.17) is 5.73 Å². The third-order valence-corrected chi connectivity index (χ3v) is 5.90. The van der Waals surface area contributed by atoms with Crippen LogP contribution in [-0.4, -0.2) is 47.5 Å². The Bertz CT molecular complexity index is 881. The summed E-state index contributed by atoms with van der Waals surface area (Å²) >= 11 is 0. The molecule has 0 radical (unpaired) electrons. The standard InChI is InChI=1S/C23H30FN5O2/c1-23(2,17-3-5-18(24)6-4-17)15-27-21(30)20(25)16-9-13-29(14-10-16)22(31)28-19-7-11-26-12-8-19/h3-8,11-12,16,20H,9-10,13-15,25H2,1-2H3,(H,27,30)(H,26,28,31). The Morgan fingerprint density at radius 1 is 1.16 bits per heavy atom. The van der Waals surface area contributed by atoms with Gasteiger partial charge in [-0.1, -0.05) is 26.0 Å². The van der Waals surface area contributed by atoms with Crippen LogP contribution in [0.1, 0.15) is 32.3 Å². The van der Waals surface area contributed by atoms with Gasteiger partial charge in [-0.3, -0.25) is 9.78 Å². The second-order valence-corrected chi connectivity index (χ2v) is 8.62. The van der Waals surface area contributed by atoms with Crippen molar-refractivity contribution >= 4 is 17.6 Å². The molecule has 1 atom stereocenters. The molecule has 0 aliphatic carbocycles. The Kier molecular flexibility index (Phi) is 7.22. The summed E-state index contributed by atoms with van der Waals surface area (Å²) in [5.74, 6) is -0.472. The molecule has 1 aromatic carbocycles. The summed E-state index contributed by atoms with van der Waals surface area (Å²) in [6.45, 7) is 5.48. The molecule has 3 rings (SSSR count). The number of amides is 3. The van der Waals surface area contributed by atoms with Crippen LogP contribution < -0.4 is 16.4 Å². The van der Waals surface area contributed by atoms with Crippen molar-refractivity contribution in [3.8, 4) is 0 Å². The SMILES string of the molecule is CC(C)(CNC(=O)C(N)C1CCN(C(=O)Nc2ccncc2)CC1)c1ccc(F)cc1. The van der Waals surface area contributed by atoms with Gasteiger partial charge < -0.3 is 21.3 Å². The van der Waals surface area contributed by atoms with Crippen LogP contribution in [0.2, 0.25) is 0 Å². The van der Waals surface area contributed by atoms with E-state index in [1.165, 1.54) is 12.1 Å². The summed E-state index contributed by atoms with van der Waals surface area (Å²) in [6.07, 6.45) is 4.58. The van der Waals surface area contributed by atoms with Crippen LogP contribution in [0, 0.1) is 11.7 Å². The van der Waals surface area contributed by atoms with E-state index in [9.17, 15) is 14.0 Å². The molecule has 0 saturated carbocycles. The van der Waals surface area contributed by atoms with Crippen LogP contribution in [0.4, 0.5) is 14.9 Å². The number of halogens is 1. The quantitative estimate of drug-likeness (QED) is 0.660. The second-order valence-electron chi connectivity index (χ2n) is 8.62. The van der Waals surface area contributed by atoms with E-state index in [2.05, 4.69) is 15.6 Å². The number of carbonyl (C=O) groups excluding carboxylic acids is 2. The lowest BCUT2D eigenvalue weighted by molar-refractivity contribution is -0.124. The minimum absolute atomic E-state index is 0.0129. The molecule has 2 aromatic rings. The third-order valence-electron chi connectivity index (χ3n) is 5.90. The van der Waals surface area contributed by atoms with Crippen LogP contribution in [0.15, 0.2) is 48.8 Å². The molecule has 3 amide bonds. The summed E-state index contributed by atoms with van der Waals surface area (Å²) in [5.41, 5.74) is 7.52. The Morgan fingerprint density at radius 3 is 2.39 bits per heavy atom. The molecule has 166 valence electrons. The number of benzene rings is 1. The predicted molar refractivity (Wildman–Crippen MR) is 118 cm³/mol. The summed E-state index contributed by atoms with van der Waals surface area (Å²) in [4.78, 5) is 30.7. The maximum absolute atomic E-state index is 13.2. The number of rotatable bonds is 6. The molecule has 2 heterocycles. The number of nitrogens with one attached hydrogen (secondary N) is 2. The Hall–Kier alpha value is -3.00. The monoisotopic (exact) mass is 427 g/mol. The van der Waals surface area contributed by atoms with E-state index in [1.807, 2.05) is 13.8 Å². The van der Waals surface area contributed by atoms with Gasteiger partial charge in [-0.05, 0) is 48.6 Å². The third kappa shape index (κ3) is 6.01. The van der Waals surface area contributed by atoms with E-state index in [0.29, 0.717) is 38.2 Å². The number of hydrogen-bond donors (Lipinski definition) is 3. The first-order chi connectivity index (χ1) is 14.8. The average Bonchev–Trinajstić information content (AvgIpc) is 2.78. The van der Waals surface area contributed by atoms with E-state index >= 15 is 0 Å². The second kappa shape index (κ2) is 9.87. The van der Waals surface area contributed by atoms with Crippen molar-refractivity contribution in [3.63, 3.8) is 0 Å². The number of piperidine rings is 1. The van der Waals surface area contributed by atoms with Crippen molar-refractivity contribution in [1.29, 1.82) is 0 Å². The van der Waals surface area contributed by atoms with E-state index in [-0.39, 0.29) is 29.1 Å². The largest absolute Gasteiger partial charge is 0.354 e. The minimum atomic E-state index is -0.630. The molecule has 1 saturated heterocycles. The molecule has 8 heteroatoms. The molecule has 1 aromatic heterocycles. The first kappa shape index (κ1) is 22.7. The van der Waals surface area contributed by atoms with Crippen LogP contribution in [0.3, 0.4) is 0 Å². The first-order valence-corrected chi connectivity index (χ1v) is 10.5. The summed E-state index contributed by atoms with van der Waals surface area (Å²) in [5, 5.41) is 5.79. The number of nitrogens with two attached hydrogens (primary N) is 1. The number of urea groups is 1. The fraction of sp³-hybridized carbons (Fsp3) is 0.435. The lowest BCUT2D eigenvalue weighted by atomic mass is 9.84. The van der Waals surface area contributed by atoms with Crippen molar-refractivity contribution in [3.05, 3.63) is 60.2 Å². The Labute approximate surface area is 182 Å². The van der Waals surface area contributed by atoms with Crippen LogP contribution >= 0.6 is 0 Å². The summed E-state index contributed by atoms with van der Waals surface area (Å²) in [6, 6.07) is 8.98. The summed E-state index contributed by atoms with van der Waals surface area (Å²) in [7, 11) is 0. The van der Waals surface area contributed by atoms with Crippen molar-refractivity contribution in [2.45, 2.75) is 38.1 Å². The maximum atomic E-state index is 13.2. The molecule has 1 fully saturated rings. The molecule has 31 heavy (non-hydrogen) atoms. The molecule has 1 aliphatic heterocycles. The van der Waals surface area contributed by atoms with Crippen molar-refractivity contribution in [2.75, 3.05) is 25.0 Å². The normalized spacial score (nSPS) is 15.9. The molecule has 7 nitrogen and oxygen atoms in total. The van der Waals surface area contributed by atoms with Crippen LogP contribution in [0.25, 0.3) is 0 Å². The first-order valence-electron chi connectivity index (χ1n) is 10.5. The van der Waals surface area contributed by atoms with Gasteiger partial charge in [0.1, 0.15) is 5.82 Å². The van der Waals surface area contributed by atoms with Crippen molar-refractivity contribution < 1.29 is 14.0 Å². The van der Waals surface area contributed by atoms with E-state index in [0.717, 1.165) is 5.56 Å². The van der Waals surface area contributed by atoms with E-state index < -0.39 is 6.04 Å². The molecule has 1 aliphatic rings. The Balaban J connectivity index is 1.46. The lowest BCUT2D eigenvalue weighted by Gasteiger charge is -2.34. The number of carbonyl (C=O) groups is 2. The highest BCUT2D eigenvalue weighted by molar-refractivity contribution is 5.89. The van der Waals surface area contributed by atoms with Gasteiger partial charge in [0.2, 0.25) is 5.91 Å². The molecule has 0 bridgehead atoms. The van der Waals surface area contributed by atoms with Gasteiger partial charge in [0.15, 0.2) is 0 Å². The number of anilines is 1. The predicted octanol–water partition coefficient (Wildman–Crippen LogP) is 2.89. The topological polar surface area (TPSA) is 100 Å². The van der Waals surface area contributed by atoms with Gasteiger partial charge in [0.25, 0.3) is 0 Å². The highest BCUT2D eigenvalue weighted by Gasteiger charge is 2.31. The van der Waals surface area contributed by atoms with Crippen LogP contribution in [0.5, 0.6) is 0 Å². The van der Waals surface area contributed by atoms with Crippen molar-refractivity contribution in [1.82, 2.24) is 15.2 Å². The van der Waals surface area contributed by atoms with Gasteiger partial charge >= 0.3 is 6.03 Å². The number of nitrogens with zero attached hydrogens (tertiary/aromatic N) is 2. The van der Waals surface area contributed by atoms with Gasteiger partial charge in [-0.15, -0.1) is 0 Å². The fourth-order valence-corrected chi connectivity index (χ4v) is 3.74. The highest BCUT2D eigenvalue weighted by atomic mass is 19.1. The van der Waals surface area contributed by atoms with E-state index in [1.54, 1.807) is 41.6 Å². The van der Waals surface area contributed by atoms with Gasteiger partial charge in [-0.25, -0.2) is 9.18 Å². The lowest BCUT2D eigenvalue weighted by Crippen LogP contribution is -2.52. The zero-order chi connectivity index (χ0) is 22.4. The van der Waals surface area contributed by atoms with Gasteiger partial charge in [-0.2, -0.15) is 0 Å². The number of aromatic nitrogens is 1. The number of pyridine rings is 1. The van der Waals surface area contributed by atoms with Crippen LogP contribution in [-0.2, 0) is 10.2 Å².